The van der Waals surface area contributed by atoms with Crippen molar-refractivity contribution in [1.82, 2.24) is 10.5 Å². The minimum atomic E-state index is -0.466. The van der Waals surface area contributed by atoms with Crippen LogP contribution in [0.1, 0.15) is 51.5 Å². The van der Waals surface area contributed by atoms with Crippen LogP contribution in [-0.2, 0) is 16.0 Å². The van der Waals surface area contributed by atoms with Crippen molar-refractivity contribution in [1.29, 1.82) is 0 Å². The summed E-state index contributed by atoms with van der Waals surface area (Å²) < 4.78 is 10.3. The van der Waals surface area contributed by atoms with Gasteiger partial charge in [0.1, 0.15) is 17.5 Å². The average molecular weight is 478 g/mol. The van der Waals surface area contributed by atoms with Gasteiger partial charge >= 0.3 is 0 Å². The molecule has 8 heteroatoms. The van der Waals surface area contributed by atoms with E-state index in [1.807, 2.05) is 36.4 Å². The molecule has 0 bridgehead atoms. The summed E-state index contributed by atoms with van der Waals surface area (Å²) in [5, 5.41) is 9.98. The van der Waals surface area contributed by atoms with Crippen molar-refractivity contribution >= 4 is 34.7 Å². The summed E-state index contributed by atoms with van der Waals surface area (Å²) in [5.74, 6) is -0.412. The van der Waals surface area contributed by atoms with Crippen LogP contribution in [0.4, 0.5) is 5.69 Å². The van der Waals surface area contributed by atoms with Gasteiger partial charge in [-0.3, -0.25) is 9.59 Å². The number of allylic oxidation sites excluding steroid dienone is 1. The second-order valence-corrected chi connectivity index (χ2v) is 8.94. The largest absolute Gasteiger partial charge is 0.381 e. The highest BCUT2D eigenvalue weighted by Gasteiger charge is 2.30. The van der Waals surface area contributed by atoms with Gasteiger partial charge in [0.15, 0.2) is 0 Å². The number of nitrogens with one attached hydrogen (secondary N) is 2. The Morgan fingerprint density at radius 2 is 1.85 bits per heavy atom. The summed E-state index contributed by atoms with van der Waals surface area (Å²) >= 11 is 6.41. The summed E-state index contributed by atoms with van der Waals surface area (Å²) in [5.41, 5.74) is 5.27. The molecule has 0 saturated carbocycles. The summed E-state index contributed by atoms with van der Waals surface area (Å²) in [6.07, 6.45) is 3.79. The Morgan fingerprint density at radius 3 is 2.53 bits per heavy atom. The van der Waals surface area contributed by atoms with Gasteiger partial charge in [0, 0.05) is 35.9 Å². The maximum Gasteiger partial charge on any atom is 0.272 e. The first kappa shape index (κ1) is 22.4. The quantitative estimate of drug-likeness (QED) is 0.511. The van der Waals surface area contributed by atoms with E-state index in [2.05, 4.69) is 15.8 Å². The number of hydrogen-bond donors (Lipinski definition) is 2. The van der Waals surface area contributed by atoms with E-state index in [4.69, 9.17) is 20.9 Å². The standard InChI is InChI=1S/C26H24ClN3O4/c1-15-21(14-34-30-15)25(31)29-24(20-13-18-3-2-4-22(27)23(18)20)26(32)28-19-7-5-16(6-8-19)17-9-11-33-12-10-17/h2-8,14,17H,9-13H2,1H3,(H,28,32)(H,29,31)/b24-20-. The van der Waals surface area contributed by atoms with E-state index < -0.39 is 11.8 Å². The Balaban J connectivity index is 1.41. The number of anilines is 1. The van der Waals surface area contributed by atoms with E-state index in [1.54, 1.807) is 13.0 Å². The molecule has 1 aliphatic heterocycles. The average Bonchev–Trinajstić information content (AvgIpc) is 3.26. The van der Waals surface area contributed by atoms with Gasteiger partial charge in [-0.15, -0.1) is 0 Å². The second kappa shape index (κ2) is 9.44. The van der Waals surface area contributed by atoms with Crippen LogP contribution >= 0.6 is 11.6 Å². The molecule has 7 nitrogen and oxygen atoms in total. The van der Waals surface area contributed by atoms with Crippen molar-refractivity contribution in [3.05, 3.63) is 87.4 Å². The van der Waals surface area contributed by atoms with Gasteiger partial charge < -0.3 is 19.9 Å². The van der Waals surface area contributed by atoms with Crippen LogP contribution < -0.4 is 10.6 Å². The molecule has 34 heavy (non-hydrogen) atoms. The van der Waals surface area contributed by atoms with Gasteiger partial charge in [0.25, 0.3) is 11.8 Å². The molecule has 2 heterocycles. The number of ether oxygens (including phenoxy) is 1. The Hall–Kier alpha value is -3.42. The molecule has 3 aromatic rings. The Kier molecular flexibility index (Phi) is 6.22. The van der Waals surface area contributed by atoms with Gasteiger partial charge in [-0.2, -0.15) is 0 Å². The molecule has 2 amide bonds. The molecule has 0 unspecified atom stereocenters. The summed E-state index contributed by atoms with van der Waals surface area (Å²) in [6.45, 7) is 3.21. The number of carbonyl (C=O) groups excluding carboxylic acids is 2. The minimum absolute atomic E-state index is 0.166. The highest BCUT2D eigenvalue weighted by molar-refractivity contribution is 6.33. The number of rotatable bonds is 5. The highest BCUT2D eigenvalue weighted by atomic mass is 35.5. The van der Waals surface area contributed by atoms with E-state index >= 15 is 0 Å². The lowest BCUT2D eigenvalue weighted by Gasteiger charge is -2.27. The van der Waals surface area contributed by atoms with Crippen LogP contribution in [-0.4, -0.2) is 30.2 Å². The van der Waals surface area contributed by atoms with Crippen molar-refractivity contribution in [2.24, 2.45) is 0 Å². The topological polar surface area (TPSA) is 93.5 Å². The van der Waals surface area contributed by atoms with Crippen LogP contribution in [0.3, 0.4) is 0 Å². The van der Waals surface area contributed by atoms with Crippen LogP contribution in [0.25, 0.3) is 5.57 Å². The van der Waals surface area contributed by atoms with Gasteiger partial charge in [-0.1, -0.05) is 41.0 Å². The van der Waals surface area contributed by atoms with E-state index in [-0.39, 0.29) is 11.3 Å². The van der Waals surface area contributed by atoms with Gasteiger partial charge in [0.05, 0.1) is 5.69 Å². The second-order valence-electron chi connectivity index (χ2n) is 8.53. The summed E-state index contributed by atoms with van der Waals surface area (Å²) in [7, 11) is 0. The van der Waals surface area contributed by atoms with Gasteiger partial charge in [0.2, 0.25) is 0 Å². The van der Waals surface area contributed by atoms with Gasteiger partial charge in [-0.05, 0) is 60.6 Å². The lowest BCUT2D eigenvalue weighted by Crippen LogP contribution is -2.34. The van der Waals surface area contributed by atoms with Crippen LogP contribution in [0.2, 0.25) is 5.02 Å². The molecule has 1 saturated heterocycles. The smallest absolute Gasteiger partial charge is 0.272 e. The van der Waals surface area contributed by atoms with Crippen molar-refractivity contribution in [3.8, 4) is 0 Å². The third kappa shape index (κ3) is 4.36. The predicted octanol–water partition coefficient (Wildman–Crippen LogP) is 4.87. The Morgan fingerprint density at radius 1 is 1.09 bits per heavy atom. The molecular formula is C26H24ClN3O4. The molecule has 0 radical (unpaired) electrons. The third-order valence-electron chi connectivity index (χ3n) is 6.39. The van der Waals surface area contributed by atoms with E-state index in [9.17, 15) is 9.59 Å². The molecule has 1 aromatic heterocycles. The fourth-order valence-electron chi connectivity index (χ4n) is 4.46. The Bertz CT molecular complexity index is 1260. The molecule has 5 rings (SSSR count). The number of nitrogens with zero attached hydrogens (tertiary/aromatic N) is 1. The van der Waals surface area contributed by atoms with Crippen LogP contribution in [0.5, 0.6) is 0 Å². The summed E-state index contributed by atoms with van der Waals surface area (Å²) in [4.78, 5) is 26.2. The minimum Gasteiger partial charge on any atom is -0.381 e. The zero-order valence-electron chi connectivity index (χ0n) is 18.7. The number of aryl methyl sites for hydroxylation is 1. The van der Waals surface area contributed by atoms with E-state index in [0.29, 0.717) is 34.3 Å². The molecule has 1 aliphatic carbocycles. The zero-order valence-corrected chi connectivity index (χ0v) is 19.4. The summed E-state index contributed by atoms with van der Waals surface area (Å²) in [6, 6.07) is 13.4. The molecule has 1 fully saturated rings. The lowest BCUT2D eigenvalue weighted by molar-refractivity contribution is -0.113. The van der Waals surface area contributed by atoms with E-state index in [0.717, 1.165) is 37.2 Å². The zero-order chi connectivity index (χ0) is 23.7. The molecular weight excluding hydrogens is 454 g/mol. The van der Waals surface area contributed by atoms with Crippen molar-refractivity contribution in [2.45, 2.75) is 32.1 Å². The first-order chi connectivity index (χ1) is 16.5. The monoisotopic (exact) mass is 477 g/mol. The normalized spacial score (nSPS) is 16.9. The number of halogens is 1. The third-order valence-corrected chi connectivity index (χ3v) is 6.71. The van der Waals surface area contributed by atoms with E-state index in [1.165, 1.54) is 11.8 Å². The predicted molar refractivity (Wildman–Crippen MR) is 129 cm³/mol. The van der Waals surface area contributed by atoms with Gasteiger partial charge in [-0.25, -0.2) is 0 Å². The molecule has 2 aromatic carbocycles. The van der Waals surface area contributed by atoms with Crippen molar-refractivity contribution < 1.29 is 18.8 Å². The number of amides is 2. The first-order valence-corrected chi connectivity index (χ1v) is 11.6. The molecule has 0 spiro atoms. The SMILES string of the molecule is Cc1nocc1C(=O)N/C(C(=O)Nc1ccc(C2CCOCC2)cc1)=C1/Cc2cccc(Cl)c21. The Labute approximate surface area is 202 Å². The molecule has 2 aliphatic rings. The molecule has 2 N–H and O–H groups in total. The number of carbonyl (C=O) groups is 2. The van der Waals surface area contributed by atoms with Crippen molar-refractivity contribution in [2.75, 3.05) is 18.5 Å². The molecule has 174 valence electrons. The maximum atomic E-state index is 13.4. The lowest BCUT2D eigenvalue weighted by atomic mass is 9.81. The maximum absolute atomic E-state index is 13.4. The number of benzene rings is 2. The van der Waals surface area contributed by atoms with Crippen LogP contribution in [0, 0.1) is 6.92 Å². The number of aromatic nitrogens is 1. The fraction of sp³-hybridized carbons (Fsp3) is 0.269. The number of fused-ring (bicyclic) bond motifs is 1. The number of hydrogen-bond acceptors (Lipinski definition) is 5. The highest BCUT2D eigenvalue weighted by Crippen LogP contribution is 2.41. The van der Waals surface area contributed by atoms with Crippen LogP contribution in [0.15, 0.2) is 58.9 Å². The first-order valence-electron chi connectivity index (χ1n) is 11.2. The molecule has 0 atom stereocenters. The van der Waals surface area contributed by atoms with Crippen molar-refractivity contribution in [3.63, 3.8) is 0 Å². The fourth-order valence-corrected chi connectivity index (χ4v) is 4.77.